The number of carboxylic acid groups (broad SMARTS) is 1. The van der Waals surface area contributed by atoms with E-state index in [1.807, 2.05) is 0 Å². The SMILES string of the molecule is CC(=O)N[C@@H]1[C@@H](O[C@@H]2O[C@@H](C)[C@@H](O)[C@@H](O)[C@@H]2O)[C@H](O[C@@H]2O[C@H](CO)[C@@H](O[C@@H]3O[C@H](CO[C@H]4O[C@H](CO)[C@@H](O)[C@H](O)[C@@H]4O)[C@@H](O)[C@H](O[C@H]4O[C@H](CO)[C@@H](O)[C@H](O)[C@@H]4O[C@@H]4O[C@H](COP(=O)(O)OCC[N+](C)(C)C)[C@@H](O[C@@H]5O[C@H](CO)[C@H](O)[C@H](O[C@@H]6O[C@H](CO)[C@H](O)[C@H](O[C@@H]7O[C@H](C(=O)O)[C@@H](O)[C@H](O)[C@H]7O)[C@H]6O)[C@H]5NC(C)=O)[C@H](O)[C@H]4NC(C)=O)[C@@H]3O)[C@H](O)[C@H]2NC(C)=O)[C@@H](CO[C@@H]2O[C@@H](C)[C@@H](O)[C@@H](O)[C@@H]2O)O[C@H]1O. The third-order valence-electron chi connectivity index (χ3n) is 25.7. The number of phosphoric ester groups is 1. The average Bonchev–Trinajstić information content (AvgIpc) is 0.761. The van der Waals surface area contributed by atoms with E-state index in [-0.39, 0.29) is 11.0 Å². The van der Waals surface area contributed by atoms with Crippen LogP contribution < -0.4 is 21.3 Å². The van der Waals surface area contributed by atoms with E-state index in [1.165, 1.54) is 13.8 Å². The van der Waals surface area contributed by atoms with Gasteiger partial charge in [-0.2, -0.15) is 0 Å². The first kappa shape index (κ1) is 119. The van der Waals surface area contributed by atoms with Crippen molar-refractivity contribution in [1.82, 2.24) is 21.3 Å². The third-order valence-corrected chi connectivity index (χ3v) is 26.7. The van der Waals surface area contributed by atoms with Crippen LogP contribution in [0.5, 0.6) is 0 Å². The zero-order valence-electron chi connectivity index (χ0n) is 78.0. The van der Waals surface area contributed by atoms with Crippen molar-refractivity contribution in [1.29, 1.82) is 0 Å². The summed E-state index contributed by atoms with van der Waals surface area (Å²) in [6.07, 6.45) is -111. The maximum atomic E-state index is 14.0. The predicted octanol–water partition coefficient (Wildman–Crippen LogP) is -21.4. The van der Waals surface area contributed by atoms with Gasteiger partial charge < -0.3 is 273 Å². The lowest BCUT2D eigenvalue weighted by molar-refractivity contribution is -0.870. The number of phosphoric acid groups is 1. The predicted molar refractivity (Wildman–Crippen MR) is 444 cm³/mol. The van der Waals surface area contributed by atoms with Crippen molar-refractivity contribution in [3.63, 3.8) is 0 Å². The molecule has 11 aliphatic heterocycles. The highest BCUT2D eigenvalue weighted by Crippen LogP contribution is 2.46. The Balaban J connectivity index is 0.931. The molecule has 11 saturated heterocycles. The van der Waals surface area contributed by atoms with Crippen molar-refractivity contribution in [2.45, 2.75) is 379 Å². The van der Waals surface area contributed by atoms with Crippen LogP contribution in [0.4, 0.5) is 0 Å². The summed E-state index contributed by atoms with van der Waals surface area (Å²) in [6, 6.07) is -8.37. The second-order valence-corrected chi connectivity index (χ2v) is 38.7. The van der Waals surface area contributed by atoms with Gasteiger partial charge in [0.25, 0.3) is 0 Å². The fraction of sp³-hybridized carbons (Fsp3) is 0.937. The largest absolute Gasteiger partial charge is 0.479 e. The van der Waals surface area contributed by atoms with Crippen molar-refractivity contribution in [3.8, 4) is 0 Å². The van der Waals surface area contributed by atoms with Gasteiger partial charge in [-0.05, 0) is 13.8 Å². The molecule has 0 bridgehead atoms. The smallest absolute Gasteiger partial charge is 0.472 e. The Morgan fingerprint density at radius 1 is 0.287 bits per heavy atom. The van der Waals surface area contributed by atoms with Crippen LogP contribution in [0.25, 0.3) is 0 Å². The van der Waals surface area contributed by atoms with E-state index in [9.17, 15) is 176 Å². The maximum absolute atomic E-state index is 14.0. The molecule has 11 heterocycles. The fourth-order valence-electron chi connectivity index (χ4n) is 17.8. The van der Waals surface area contributed by atoms with Crippen LogP contribution in [0, 0.1) is 0 Å². The summed E-state index contributed by atoms with van der Waals surface area (Å²) in [6.45, 7) is -3.97. The van der Waals surface area contributed by atoms with Gasteiger partial charge >= 0.3 is 13.8 Å². The Bertz CT molecular complexity index is 4080. The molecule has 64 heteroatoms. The first-order valence-electron chi connectivity index (χ1n) is 45.5. The quantitative estimate of drug-likeness (QED) is 0.0201. The molecule has 11 rings (SSSR count). The summed E-state index contributed by atoms with van der Waals surface area (Å²) in [4.78, 5) is 77.1. The van der Waals surface area contributed by atoms with Crippen LogP contribution in [0.15, 0.2) is 0 Å². The van der Waals surface area contributed by atoms with Crippen LogP contribution in [0.1, 0.15) is 41.5 Å². The Hall–Kier alpha value is -4.50. The lowest BCUT2D eigenvalue weighted by Crippen LogP contribution is -2.72. The highest BCUT2D eigenvalue weighted by molar-refractivity contribution is 7.47. The molecule has 143 heavy (non-hydrogen) atoms. The maximum Gasteiger partial charge on any atom is 0.472 e. The molecule has 828 valence electrons. The standard InChI is InChI=1S/C79H134N5O58P/c1-20-38(94)47(103)53(109)73(124-20)121-18-32-61(63(36(69(117)126-32)82-24(5)92)138-75-55(111)48(104)39(95)21(2)125-75)136-70-34(80-22(3)90)45(101)59(30(16-89)131-70)135-78-58(114)65(44(100)31(132-78)17-120-74-54(110)49(105)40(96)26(12-85)128-74)140-79-67(51(107)41(97)27(13-86)130-79)142-71-35(81-23(4)91)46(102)60(33(133-71)19-123-143(118,119)122-11-10-84(7,8)9)134-72-37(83-25(6)93)62(42(98)28(14-87)127-72)137-77-57(113)64(43(99)29(15-88)129-77)139-76-56(112)50(106)52(108)66(141-76)68(115)116/h20-21,26-67,69-79,85-89,94-114,117H,10-19H2,1-9H3,(H5-,80,81,82,83,90,91,92,93,115,116,118,119)/p+1/t20-,21-,26+,27+,28+,29+,30+,31+,32+,33+,34+,35+,36+,37+,38+,39+,40+,41+,42-,43-,44+,45+,46+,47+,48+,49-,50-,51-,52-,53-,54-,55-,56+,57+,58-,59+,60+,61+,62+,63+,64-,65-,66-,67-,69+,70-,71-,72-,73+,74-,75-,76+,77-,78-,79+/m0/s1. The molecule has 33 N–H and O–H groups in total. The van der Waals surface area contributed by atoms with Gasteiger partial charge in [-0.15, -0.1) is 0 Å². The van der Waals surface area contributed by atoms with Gasteiger partial charge in [0.15, 0.2) is 75.3 Å². The normalized spacial score (nSPS) is 48.0. The number of likely N-dealkylation sites (N-methyl/N-ethyl adjacent to an activating group) is 1. The number of hydrogen-bond acceptors (Lipinski definition) is 56. The number of aliphatic carboxylic acids is 1. The van der Waals surface area contributed by atoms with Crippen LogP contribution in [-0.4, -0.2) is 607 Å². The second-order valence-electron chi connectivity index (χ2n) is 37.3. The highest BCUT2D eigenvalue weighted by atomic mass is 31.2. The first-order valence-corrected chi connectivity index (χ1v) is 47.0. The monoisotopic (exact) mass is 2110 g/mol. The minimum absolute atomic E-state index is 0.0235. The van der Waals surface area contributed by atoms with Crippen LogP contribution in [-0.2, 0) is 137 Å². The summed E-state index contributed by atoms with van der Waals surface area (Å²) in [5.74, 6) is -6.05. The molecular weight excluding hydrogens is 1980 g/mol. The number of carbonyl (C=O) groups excluding carboxylic acids is 4. The number of nitrogens with zero attached hydrogens (tertiary/aromatic N) is 1. The molecule has 1 unspecified atom stereocenters. The molecule has 0 aromatic rings. The summed E-state index contributed by atoms with van der Waals surface area (Å²) in [5.41, 5.74) is 0. The van der Waals surface area contributed by atoms with Crippen LogP contribution >= 0.6 is 7.82 Å². The molecule has 0 saturated carbocycles. The van der Waals surface area contributed by atoms with Gasteiger partial charge in [0.2, 0.25) is 23.6 Å². The minimum Gasteiger partial charge on any atom is -0.479 e. The Morgan fingerprint density at radius 3 is 1.13 bits per heavy atom. The van der Waals surface area contributed by atoms with Gasteiger partial charge in [-0.1, -0.05) is 0 Å². The Labute approximate surface area is 811 Å². The summed E-state index contributed by atoms with van der Waals surface area (Å²) in [7, 11) is -0.396. The number of aliphatic hydroxyl groups is 27. The average molecular weight is 2110 g/mol. The summed E-state index contributed by atoms with van der Waals surface area (Å²) < 4.78 is 151. The first-order chi connectivity index (χ1) is 67.1. The lowest BCUT2D eigenvalue weighted by Gasteiger charge is -2.52. The number of ether oxygens (including phenoxy) is 21. The number of carbonyl (C=O) groups is 5. The molecule has 11 fully saturated rings. The van der Waals surface area contributed by atoms with Crippen molar-refractivity contribution in [3.05, 3.63) is 0 Å². The summed E-state index contributed by atoms with van der Waals surface area (Å²) >= 11 is 0. The van der Waals surface area contributed by atoms with E-state index >= 15 is 0 Å². The van der Waals surface area contributed by atoms with Gasteiger partial charge in [0, 0.05) is 27.7 Å². The van der Waals surface area contributed by atoms with E-state index in [0.717, 1.165) is 27.7 Å². The molecular formula is C79H135N5O58P+. The molecule has 4 amide bonds. The number of amides is 4. The number of hydrogen-bond donors (Lipinski definition) is 33. The fourth-order valence-corrected chi connectivity index (χ4v) is 18.5. The highest BCUT2D eigenvalue weighted by Gasteiger charge is 2.64. The van der Waals surface area contributed by atoms with Gasteiger partial charge in [-0.25, -0.2) is 9.36 Å². The molecule has 0 aromatic heterocycles. The second kappa shape index (κ2) is 50.8. The minimum atomic E-state index is -5.40. The third kappa shape index (κ3) is 27.8. The topological polar surface area (TPSA) is 950 Å². The zero-order valence-corrected chi connectivity index (χ0v) is 78.9. The van der Waals surface area contributed by atoms with Crippen LogP contribution in [0.2, 0.25) is 0 Å². The van der Waals surface area contributed by atoms with Crippen molar-refractivity contribution in [2.24, 2.45) is 0 Å². The molecule has 11 aliphatic rings. The van der Waals surface area contributed by atoms with Gasteiger partial charge in [0.05, 0.1) is 86.2 Å². The molecule has 0 radical (unpaired) electrons. The van der Waals surface area contributed by atoms with Crippen LogP contribution in [0.3, 0.4) is 0 Å². The molecule has 0 aliphatic carbocycles. The van der Waals surface area contributed by atoms with E-state index in [0.29, 0.717) is 0 Å². The summed E-state index contributed by atoms with van der Waals surface area (Å²) in [5, 5.41) is 326. The zero-order chi connectivity index (χ0) is 106. The number of rotatable bonds is 39. The number of aliphatic hydroxyl groups excluding tert-OH is 27. The Morgan fingerprint density at radius 2 is 0.615 bits per heavy atom. The van der Waals surface area contributed by atoms with E-state index in [4.69, 9.17) is 109 Å². The van der Waals surface area contributed by atoms with Crippen molar-refractivity contribution < 1.29 is 289 Å². The molecule has 0 aromatic carbocycles. The van der Waals surface area contributed by atoms with Gasteiger partial charge in [-0.3, -0.25) is 28.2 Å². The number of quaternary nitrogens is 1. The number of carboxylic acids is 1. The van der Waals surface area contributed by atoms with Gasteiger partial charge in [0.1, 0.15) is 263 Å². The number of nitrogens with one attached hydrogen (secondary N) is 4. The van der Waals surface area contributed by atoms with Crippen molar-refractivity contribution in [2.75, 3.05) is 87.1 Å². The van der Waals surface area contributed by atoms with E-state index < -0.39 is 434 Å². The van der Waals surface area contributed by atoms with Crippen molar-refractivity contribution >= 4 is 37.4 Å². The Kier molecular flexibility index (Phi) is 42.2. The molecule has 56 atom stereocenters. The molecule has 63 nitrogen and oxygen atoms in total. The van der Waals surface area contributed by atoms with E-state index in [1.54, 1.807) is 21.1 Å². The lowest BCUT2D eigenvalue weighted by atomic mass is 9.93. The van der Waals surface area contributed by atoms with E-state index in [2.05, 4.69) is 21.3 Å². The molecule has 0 spiro atoms.